The Balaban J connectivity index is 2.27. The van der Waals surface area contributed by atoms with Gasteiger partial charge in [0.25, 0.3) is 11.6 Å². The first-order valence-electron chi connectivity index (χ1n) is 5.58. The lowest BCUT2D eigenvalue weighted by Crippen LogP contribution is -2.12. The Bertz CT molecular complexity index is 739. The van der Waals surface area contributed by atoms with Crippen molar-refractivity contribution < 1.29 is 14.1 Å². The van der Waals surface area contributed by atoms with Gasteiger partial charge in [0.15, 0.2) is 0 Å². The number of nitrogens with zero attached hydrogens (tertiary/aromatic N) is 1. The first kappa shape index (κ1) is 15.4. The maximum atomic E-state index is 13.3. The van der Waals surface area contributed by atoms with E-state index in [1.807, 2.05) is 0 Å². The van der Waals surface area contributed by atoms with E-state index in [0.29, 0.717) is 9.50 Å². The Morgan fingerprint density at radius 3 is 2.62 bits per heavy atom. The van der Waals surface area contributed by atoms with Crippen LogP contribution in [0.2, 0.25) is 5.02 Å². The average Bonchev–Trinajstić information content (AvgIpc) is 2.41. The molecule has 2 rings (SSSR count). The Morgan fingerprint density at radius 2 is 2.00 bits per heavy atom. The highest BCUT2D eigenvalue weighted by molar-refractivity contribution is 9.10. The minimum absolute atomic E-state index is 0.00206. The third-order valence-corrected chi connectivity index (χ3v) is 3.75. The third-order valence-electron chi connectivity index (χ3n) is 2.53. The maximum Gasteiger partial charge on any atom is 0.274 e. The minimum atomic E-state index is -0.809. The van der Waals surface area contributed by atoms with Crippen molar-refractivity contribution in [3.8, 4) is 0 Å². The summed E-state index contributed by atoms with van der Waals surface area (Å²) in [5, 5.41) is 13.5. The molecule has 21 heavy (non-hydrogen) atoms. The van der Waals surface area contributed by atoms with Crippen LogP contribution in [0.15, 0.2) is 40.9 Å². The van der Waals surface area contributed by atoms with Gasteiger partial charge in [-0.2, -0.15) is 0 Å². The molecule has 0 aliphatic rings. The fourth-order valence-electron chi connectivity index (χ4n) is 1.59. The molecule has 1 amide bonds. The molecule has 0 heterocycles. The molecule has 8 heteroatoms. The molecule has 0 radical (unpaired) electrons. The van der Waals surface area contributed by atoms with E-state index in [1.54, 1.807) is 0 Å². The first-order chi connectivity index (χ1) is 9.86. The lowest BCUT2D eigenvalue weighted by atomic mass is 10.2. The minimum Gasteiger partial charge on any atom is -0.322 e. The lowest BCUT2D eigenvalue weighted by Gasteiger charge is -2.06. The van der Waals surface area contributed by atoms with Crippen LogP contribution in [0.4, 0.5) is 15.8 Å². The lowest BCUT2D eigenvalue weighted by molar-refractivity contribution is -0.385. The van der Waals surface area contributed by atoms with Crippen molar-refractivity contribution in [2.24, 2.45) is 0 Å². The summed E-state index contributed by atoms with van der Waals surface area (Å²) < 4.78 is 13.8. The van der Waals surface area contributed by atoms with Crippen molar-refractivity contribution in [1.82, 2.24) is 0 Å². The van der Waals surface area contributed by atoms with Crippen molar-refractivity contribution in [2.45, 2.75) is 0 Å². The quantitative estimate of drug-likeness (QED) is 0.640. The number of halogens is 3. The number of nitro benzene ring substituents is 1. The van der Waals surface area contributed by atoms with Gasteiger partial charge in [-0.15, -0.1) is 0 Å². The van der Waals surface area contributed by atoms with Crippen LogP contribution >= 0.6 is 27.5 Å². The predicted molar refractivity (Wildman–Crippen MR) is 80.2 cm³/mol. The topological polar surface area (TPSA) is 72.2 Å². The number of hydrogen-bond donors (Lipinski definition) is 1. The summed E-state index contributed by atoms with van der Waals surface area (Å²) in [5.74, 6) is -1.34. The summed E-state index contributed by atoms with van der Waals surface area (Å²) in [6.07, 6.45) is 0. The zero-order valence-corrected chi connectivity index (χ0v) is 12.6. The van der Waals surface area contributed by atoms with Gasteiger partial charge in [-0.05, 0) is 40.2 Å². The molecule has 0 unspecified atom stereocenters. The number of carbonyl (C=O) groups excluding carboxylic acids is 1. The molecule has 0 fully saturated rings. The SMILES string of the molecule is O=C(Nc1cc(F)cc([N+](=O)[O-])c1)c1ccc(Cl)c(Br)c1. The Morgan fingerprint density at radius 1 is 1.29 bits per heavy atom. The molecule has 0 saturated heterocycles. The molecule has 0 aliphatic heterocycles. The van der Waals surface area contributed by atoms with Crippen molar-refractivity contribution in [3.05, 3.63) is 67.4 Å². The van der Waals surface area contributed by atoms with Gasteiger partial charge < -0.3 is 5.32 Å². The van der Waals surface area contributed by atoms with Crippen LogP contribution in [0.25, 0.3) is 0 Å². The molecule has 5 nitrogen and oxygen atoms in total. The summed E-state index contributed by atoms with van der Waals surface area (Å²) >= 11 is 9.00. The number of carbonyl (C=O) groups is 1. The average molecular weight is 374 g/mol. The van der Waals surface area contributed by atoms with E-state index < -0.39 is 22.3 Å². The second-order valence-corrected chi connectivity index (χ2v) is 5.30. The van der Waals surface area contributed by atoms with E-state index in [4.69, 9.17) is 11.6 Å². The molecule has 0 atom stereocenters. The number of amides is 1. The smallest absolute Gasteiger partial charge is 0.274 e. The van der Waals surface area contributed by atoms with Crippen molar-refractivity contribution in [2.75, 3.05) is 5.32 Å². The molecule has 108 valence electrons. The van der Waals surface area contributed by atoms with E-state index in [2.05, 4.69) is 21.2 Å². The molecular formula is C13H7BrClFN2O3. The zero-order chi connectivity index (χ0) is 15.6. The van der Waals surface area contributed by atoms with Crippen LogP contribution in [-0.2, 0) is 0 Å². The van der Waals surface area contributed by atoms with E-state index in [-0.39, 0.29) is 11.3 Å². The molecule has 1 N–H and O–H groups in total. The predicted octanol–water partition coefficient (Wildman–Crippen LogP) is 4.40. The number of anilines is 1. The highest BCUT2D eigenvalue weighted by Gasteiger charge is 2.13. The standard InChI is InChI=1S/C13H7BrClFN2O3/c14-11-3-7(1-2-12(11)15)13(19)17-9-4-8(16)5-10(6-9)18(20)21/h1-6H,(H,17,19). The Hall–Kier alpha value is -1.99. The van der Waals surface area contributed by atoms with Crippen LogP contribution in [0.5, 0.6) is 0 Å². The highest BCUT2D eigenvalue weighted by Crippen LogP contribution is 2.24. The van der Waals surface area contributed by atoms with E-state index in [1.165, 1.54) is 18.2 Å². The number of rotatable bonds is 3. The van der Waals surface area contributed by atoms with Gasteiger partial charge in [0.2, 0.25) is 0 Å². The Kier molecular flexibility index (Phi) is 4.54. The van der Waals surface area contributed by atoms with Crippen molar-refractivity contribution >= 4 is 44.8 Å². The number of benzene rings is 2. The van der Waals surface area contributed by atoms with Gasteiger partial charge >= 0.3 is 0 Å². The molecule has 2 aromatic rings. The van der Waals surface area contributed by atoms with E-state index in [9.17, 15) is 19.3 Å². The normalized spacial score (nSPS) is 10.2. The number of nitro groups is 1. The third kappa shape index (κ3) is 3.77. The molecule has 0 aromatic heterocycles. The van der Waals surface area contributed by atoms with Gasteiger partial charge in [-0.1, -0.05) is 11.6 Å². The molecule has 0 aliphatic carbocycles. The van der Waals surface area contributed by atoms with Crippen LogP contribution in [0.1, 0.15) is 10.4 Å². The van der Waals surface area contributed by atoms with Crippen molar-refractivity contribution in [3.63, 3.8) is 0 Å². The fourth-order valence-corrected chi connectivity index (χ4v) is 2.09. The van der Waals surface area contributed by atoms with Gasteiger partial charge in [0.1, 0.15) is 5.82 Å². The maximum absolute atomic E-state index is 13.3. The van der Waals surface area contributed by atoms with E-state index in [0.717, 1.165) is 18.2 Å². The van der Waals surface area contributed by atoms with E-state index >= 15 is 0 Å². The summed E-state index contributed by atoms with van der Waals surface area (Å²) in [7, 11) is 0. The number of nitrogens with one attached hydrogen (secondary N) is 1. The van der Waals surface area contributed by atoms with Crippen LogP contribution in [0.3, 0.4) is 0 Å². The largest absolute Gasteiger partial charge is 0.322 e. The molecule has 2 aromatic carbocycles. The van der Waals surface area contributed by atoms with Crippen LogP contribution in [-0.4, -0.2) is 10.8 Å². The van der Waals surface area contributed by atoms with Gasteiger partial charge in [-0.25, -0.2) is 4.39 Å². The molecule has 0 saturated carbocycles. The highest BCUT2D eigenvalue weighted by atomic mass is 79.9. The zero-order valence-electron chi connectivity index (χ0n) is 10.3. The van der Waals surface area contributed by atoms with Crippen LogP contribution in [0, 0.1) is 15.9 Å². The molecular weight excluding hydrogens is 367 g/mol. The molecule has 0 spiro atoms. The summed E-state index contributed by atoms with van der Waals surface area (Å²) in [5.41, 5.74) is -0.168. The van der Waals surface area contributed by atoms with Crippen molar-refractivity contribution in [1.29, 1.82) is 0 Å². The monoisotopic (exact) mass is 372 g/mol. The van der Waals surface area contributed by atoms with Gasteiger partial charge in [0, 0.05) is 16.1 Å². The fraction of sp³-hybridized carbons (Fsp3) is 0. The number of hydrogen-bond acceptors (Lipinski definition) is 3. The second kappa shape index (κ2) is 6.19. The van der Waals surface area contributed by atoms with Gasteiger partial charge in [0.05, 0.1) is 21.7 Å². The number of non-ortho nitro benzene ring substituents is 1. The Labute approximate surface area is 132 Å². The summed E-state index contributed by atoms with van der Waals surface area (Å²) in [6, 6.07) is 7.34. The van der Waals surface area contributed by atoms with Gasteiger partial charge in [-0.3, -0.25) is 14.9 Å². The molecule has 0 bridgehead atoms. The van der Waals surface area contributed by atoms with Crippen LogP contribution < -0.4 is 5.32 Å². The summed E-state index contributed by atoms with van der Waals surface area (Å²) in [6.45, 7) is 0. The summed E-state index contributed by atoms with van der Waals surface area (Å²) in [4.78, 5) is 21.9. The first-order valence-corrected chi connectivity index (χ1v) is 6.75. The second-order valence-electron chi connectivity index (χ2n) is 4.04.